The zero-order valence-corrected chi connectivity index (χ0v) is 18.9. The number of nitrogens with zero attached hydrogens (tertiary/aromatic N) is 4. The lowest BCUT2D eigenvalue weighted by Gasteiger charge is -2.29. The van der Waals surface area contributed by atoms with Gasteiger partial charge in [-0.3, -0.25) is 9.88 Å². The quantitative estimate of drug-likeness (QED) is 0.570. The summed E-state index contributed by atoms with van der Waals surface area (Å²) < 4.78 is 67.9. The van der Waals surface area contributed by atoms with E-state index in [2.05, 4.69) is 14.8 Å². The van der Waals surface area contributed by atoms with E-state index in [0.29, 0.717) is 32.1 Å². The molecule has 0 bridgehead atoms. The lowest BCUT2D eigenvalue weighted by molar-refractivity contribution is -0.0562. The molecule has 0 spiro atoms. The molecule has 7 nitrogen and oxygen atoms in total. The molecule has 3 heterocycles. The van der Waals surface area contributed by atoms with Crippen LogP contribution in [0.1, 0.15) is 24.6 Å². The summed E-state index contributed by atoms with van der Waals surface area (Å²) in [7, 11) is -5.35. The van der Waals surface area contributed by atoms with Crippen LogP contribution in [-0.4, -0.2) is 74.7 Å². The van der Waals surface area contributed by atoms with Crippen LogP contribution in [0.4, 0.5) is 18.9 Å². The van der Waals surface area contributed by atoms with Gasteiger partial charge in [-0.25, -0.2) is 8.42 Å². The summed E-state index contributed by atoms with van der Waals surface area (Å²) in [6.07, 6.45) is 5.61. The fourth-order valence-electron chi connectivity index (χ4n) is 4.22. The summed E-state index contributed by atoms with van der Waals surface area (Å²) in [6, 6.07) is 8.68. The van der Waals surface area contributed by atoms with Crippen LogP contribution in [0.25, 0.3) is 0 Å². The van der Waals surface area contributed by atoms with Gasteiger partial charge in [-0.1, -0.05) is 0 Å². The first-order valence-corrected chi connectivity index (χ1v) is 12.4. The lowest BCUT2D eigenvalue weighted by Crippen LogP contribution is -2.33. The smallest absolute Gasteiger partial charge is 0.357 e. The minimum absolute atomic E-state index is 0.273. The van der Waals surface area contributed by atoms with Crippen LogP contribution in [0.3, 0.4) is 0 Å². The number of sulfone groups is 1. The van der Waals surface area contributed by atoms with Gasteiger partial charge in [0.15, 0.2) is 0 Å². The lowest BCUT2D eigenvalue weighted by atomic mass is 10.2. The van der Waals surface area contributed by atoms with Crippen LogP contribution < -0.4 is 4.90 Å². The molecule has 2 saturated heterocycles. The number of aromatic nitrogens is 1. The van der Waals surface area contributed by atoms with Gasteiger partial charge in [-0.2, -0.15) is 13.2 Å². The number of pyridine rings is 1. The summed E-state index contributed by atoms with van der Waals surface area (Å²) in [5.74, 6) is 0. The Morgan fingerprint density at radius 2 is 1.64 bits per heavy atom. The molecule has 2 aromatic rings. The Kier molecular flexibility index (Phi) is 7.22. The highest BCUT2D eigenvalue weighted by atomic mass is 32.2. The SMILES string of the molecule is O=S(=O)(c1ccc(N2CCN(C(OCCN3CCCC3)c3ccncc3)C2)cc1)C(F)(F)F. The van der Waals surface area contributed by atoms with Crippen LogP contribution in [0.15, 0.2) is 53.7 Å². The predicted octanol–water partition coefficient (Wildman–Crippen LogP) is 3.27. The minimum Gasteiger partial charge on any atom is -0.357 e. The molecule has 4 rings (SSSR count). The van der Waals surface area contributed by atoms with Crippen molar-refractivity contribution in [3.05, 3.63) is 54.4 Å². The topological polar surface area (TPSA) is 66.0 Å². The molecule has 0 saturated carbocycles. The zero-order valence-electron chi connectivity index (χ0n) is 18.1. The van der Waals surface area contributed by atoms with Crippen molar-refractivity contribution in [1.29, 1.82) is 0 Å². The van der Waals surface area contributed by atoms with Crippen LogP contribution in [-0.2, 0) is 14.6 Å². The van der Waals surface area contributed by atoms with E-state index in [1.807, 2.05) is 17.0 Å². The molecule has 11 heteroatoms. The second-order valence-corrected chi connectivity index (χ2v) is 10.2. The van der Waals surface area contributed by atoms with Crippen LogP contribution in [0.2, 0.25) is 0 Å². The first kappa shape index (κ1) is 23.9. The Morgan fingerprint density at radius 1 is 0.970 bits per heavy atom. The summed E-state index contributed by atoms with van der Waals surface area (Å²) in [6.45, 7) is 5.49. The molecule has 2 aliphatic heterocycles. The molecule has 0 aliphatic carbocycles. The third-order valence-corrected chi connectivity index (χ3v) is 7.53. The maximum absolute atomic E-state index is 12.8. The Bertz CT molecular complexity index is 1010. The van der Waals surface area contributed by atoms with E-state index < -0.39 is 20.2 Å². The number of hydrogen-bond acceptors (Lipinski definition) is 7. The van der Waals surface area contributed by atoms with Gasteiger partial charge >= 0.3 is 5.51 Å². The van der Waals surface area contributed by atoms with Crippen molar-refractivity contribution in [2.24, 2.45) is 0 Å². The molecule has 1 atom stereocenters. The van der Waals surface area contributed by atoms with Crippen molar-refractivity contribution in [3.8, 4) is 0 Å². The highest BCUT2D eigenvalue weighted by Crippen LogP contribution is 2.32. The minimum atomic E-state index is -5.35. The molecular weight excluding hydrogens is 457 g/mol. The fourth-order valence-corrected chi connectivity index (χ4v) is 4.98. The summed E-state index contributed by atoms with van der Waals surface area (Å²) in [5, 5.41) is 0. The maximum Gasteiger partial charge on any atom is 0.501 e. The molecular formula is C22H27F3N4O3S. The Hall–Kier alpha value is -2.21. The molecule has 180 valence electrons. The second kappa shape index (κ2) is 9.96. The van der Waals surface area contributed by atoms with E-state index in [1.165, 1.54) is 25.0 Å². The van der Waals surface area contributed by atoms with E-state index in [9.17, 15) is 21.6 Å². The average molecular weight is 485 g/mol. The van der Waals surface area contributed by atoms with E-state index in [1.54, 1.807) is 12.4 Å². The van der Waals surface area contributed by atoms with Crippen LogP contribution in [0.5, 0.6) is 0 Å². The largest absolute Gasteiger partial charge is 0.501 e. The average Bonchev–Trinajstić information content (AvgIpc) is 3.49. The number of alkyl halides is 3. The van der Waals surface area contributed by atoms with Gasteiger partial charge in [0.1, 0.15) is 6.23 Å². The first-order valence-electron chi connectivity index (χ1n) is 10.9. The van der Waals surface area contributed by atoms with Crippen molar-refractivity contribution in [3.63, 3.8) is 0 Å². The van der Waals surface area contributed by atoms with Crippen molar-refractivity contribution in [2.75, 3.05) is 50.9 Å². The molecule has 1 unspecified atom stereocenters. The van der Waals surface area contributed by atoms with Crippen molar-refractivity contribution in [2.45, 2.75) is 29.5 Å². The summed E-state index contributed by atoms with van der Waals surface area (Å²) >= 11 is 0. The van der Waals surface area contributed by atoms with Gasteiger partial charge in [-0.05, 0) is 67.9 Å². The van der Waals surface area contributed by atoms with Gasteiger partial charge < -0.3 is 14.5 Å². The van der Waals surface area contributed by atoms with Crippen LogP contribution >= 0.6 is 0 Å². The molecule has 0 amide bonds. The number of anilines is 1. The monoisotopic (exact) mass is 484 g/mol. The standard InChI is InChI=1S/C22H27F3N4O3S/c23-22(24,25)33(30,31)20-5-3-19(4-6-20)28-13-14-29(17-28)21(18-7-9-26-10-8-18)32-16-15-27-11-1-2-12-27/h3-10,21H,1-2,11-17H2. The van der Waals surface area contributed by atoms with Crippen LogP contribution in [0, 0.1) is 0 Å². The Balaban J connectivity index is 1.43. The highest BCUT2D eigenvalue weighted by Gasteiger charge is 2.46. The molecule has 1 aromatic heterocycles. The Morgan fingerprint density at radius 3 is 2.27 bits per heavy atom. The van der Waals surface area contributed by atoms with Gasteiger partial charge in [0.05, 0.1) is 18.2 Å². The van der Waals surface area contributed by atoms with E-state index in [0.717, 1.165) is 37.3 Å². The number of likely N-dealkylation sites (tertiary alicyclic amines) is 1. The highest BCUT2D eigenvalue weighted by molar-refractivity contribution is 7.92. The molecule has 0 radical (unpaired) electrons. The molecule has 33 heavy (non-hydrogen) atoms. The third kappa shape index (κ3) is 5.48. The maximum atomic E-state index is 12.8. The van der Waals surface area contributed by atoms with Gasteiger partial charge in [0.2, 0.25) is 0 Å². The fraction of sp³-hybridized carbons (Fsp3) is 0.500. The number of rotatable bonds is 8. The van der Waals surface area contributed by atoms with E-state index in [4.69, 9.17) is 4.74 Å². The number of ether oxygens (including phenoxy) is 1. The predicted molar refractivity (Wildman–Crippen MR) is 117 cm³/mol. The first-order chi connectivity index (χ1) is 15.8. The Labute approximate surface area is 191 Å². The summed E-state index contributed by atoms with van der Waals surface area (Å²) in [5.41, 5.74) is -3.67. The number of hydrogen-bond donors (Lipinski definition) is 0. The molecule has 1 aromatic carbocycles. The zero-order chi connectivity index (χ0) is 23.5. The van der Waals surface area contributed by atoms with E-state index in [-0.39, 0.29) is 6.23 Å². The number of benzene rings is 1. The molecule has 2 fully saturated rings. The van der Waals surface area contributed by atoms with Gasteiger partial charge in [0, 0.05) is 37.7 Å². The number of halogens is 3. The molecule has 2 aliphatic rings. The van der Waals surface area contributed by atoms with E-state index >= 15 is 0 Å². The normalized spacial score (nSPS) is 19.3. The molecule has 0 N–H and O–H groups in total. The second-order valence-electron chi connectivity index (χ2n) is 8.21. The van der Waals surface area contributed by atoms with Crippen molar-refractivity contribution in [1.82, 2.24) is 14.8 Å². The van der Waals surface area contributed by atoms with Crippen molar-refractivity contribution >= 4 is 15.5 Å². The van der Waals surface area contributed by atoms with Gasteiger partial charge in [-0.15, -0.1) is 0 Å². The van der Waals surface area contributed by atoms with Gasteiger partial charge in [0.25, 0.3) is 9.84 Å². The third-order valence-electron chi connectivity index (χ3n) is 6.03. The summed E-state index contributed by atoms with van der Waals surface area (Å²) in [4.78, 5) is 9.85. The van der Waals surface area contributed by atoms with Crippen molar-refractivity contribution < 1.29 is 26.3 Å².